The molecule has 0 saturated heterocycles. The first-order valence-corrected chi connectivity index (χ1v) is 6.06. The smallest absolute Gasteiger partial charge is 0.323 e. The van der Waals surface area contributed by atoms with E-state index in [4.69, 9.17) is 15.3 Å². The summed E-state index contributed by atoms with van der Waals surface area (Å²) in [7, 11) is 0. The molecule has 88 valence electrons. The lowest BCUT2D eigenvalue weighted by molar-refractivity contribution is -0.144. The van der Waals surface area contributed by atoms with Gasteiger partial charge in [-0.1, -0.05) is 11.8 Å². The molecule has 2 rings (SSSR count). The summed E-state index contributed by atoms with van der Waals surface area (Å²) in [6.07, 6.45) is 5.90. The molecule has 0 amide bonds. The first-order chi connectivity index (χ1) is 7.60. The van der Waals surface area contributed by atoms with Gasteiger partial charge in [-0.2, -0.15) is 0 Å². The number of thioether (sulfide) groups is 1. The van der Waals surface area contributed by atoms with E-state index in [0.29, 0.717) is 18.1 Å². The largest absolute Gasteiger partial charge is 0.480 e. The first-order valence-electron chi connectivity index (χ1n) is 5.18. The van der Waals surface area contributed by atoms with Crippen molar-refractivity contribution >= 4 is 17.7 Å². The summed E-state index contributed by atoms with van der Waals surface area (Å²) >= 11 is 1.47. The van der Waals surface area contributed by atoms with Gasteiger partial charge in [-0.3, -0.25) is 4.79 Å². The maximum absolute atomic E-state index is 11.1. The minimum Gasteiger partial charge on any atom is -0.480 e. The highest BCUT2D eigenvalue weighted by atomic mass is 32.2. The number of aliphatic carboxylic acids is 1. The minimum atomic E-state index is -1.08. The predicted molar refractivity (Wildman–Crippen MR) is 59.2 cm³/mol. The van der Waals surface area contributed by atoms with Gasteiger partial charge in [-0.05, 0) is 25.7 Å². The molecule has 1 aliphatic carbocycles. The van der Waals surface area contributed by atoms with Gasteiger partial charge in [0, 0.05) is 5.25 Å². The van der Waals surface area contributed by atoms with Crippen molar-refractivity contribution in [3.05, 3.63) is 12.5 Å². The lowest BCUT2D eigenvalue weighted by atomic mass is 9.82. The molecule has 2 atom stereocenters. The Balaban J connectivity index is 1.99. The summed E-state index contributed by atoms with van der Waals surface area (Å²) in [5.41, 5.74) is 4.78. The Hall–Kier alpha value is -1.01. The van der Waals surface area contributed by atoms with E-state index in [0.717, 1.165) is 12.8 Å². The van der Waals surface area contributed by atoms with Crippen LogP contribution >= 0.6 is 11.8 Å². The molecule has 1 fully saturated rings. The number of nitrogens with two attached hydrogens (primary N) is 1. The van der Waals surface area contributed by atoms with E-state index < -0.39 is 11.5 Å². The van der Waals surface area contributed by atoms with Crippen LogP contribution in [0.2, 0.25) is 0 Å². The molecule has 3 N–H and O–H groups in total. The van der Waals surface area contributed by atoms with Gasteiger partial charge in [0.2, 0.25) is 0 Å². The lowest BCUT2D eigenvalue weighted by Crippen LogP contribution is -2.51. The molecule has 1 heterocycles. The number of aromatic nitrogens is 1. The van der Waals surface area contributed by atoms with Crippen molar-refractivity contribution in [2.75, 3.05) is 0 Å². The Labute approximate surface area is 97.4 Å². The maximum atomic E-state index is 11.1. The summed E-state index contributed by atoms with van der Waals surface area (Å²) in [6, 6.07) is 0. The Morgan fingerprint density at radius 3 is 3.19 bits per heavy atom. The monoisotopic (exact) mass is 242 g/mol. The van der Waals surface area contributed by atoms with Crippen molar-refractivity contribution in [3.8, 4) is 0 Å². The van der Waals surface area contributed by atoms with E-state index in [-0.39, 0.29) is 5.25 Å². The van der Waals surface area contributed by atoms with Gasteiger partial charge in [-0.15, -0.1) is 0 Å². The topological polar surface area (TPSA) is 89.4 Å². The van der Waals surface area contributed by atoms with Crippen LogP contribution in [0.1, 0.15) is 25.7 Å². The second-order valence-corrected chi connectivity index (χ2v) is 5.35. The zero-order valence-corrected chi connectivity index (χ0v) is 9.57. The van der Waals surface area contributed by atoms with Crippen LogP contribution in [0.5, 0.6) is 0 Å². The summed E-state index contributed by atoms with van der Waals surface area (Å²) in [5, 5.41) is 9.83. The summed E-state index contributed by atoms with van der Waals surface area (Å²) in [4.78, 5) is 15.1. The molecule has 5 nitrogen and oxygen atoms in total. The second kappa shape index (κ2) is 4.47. The zero-order chi connectivity index (χ0) is 11.6. The molecule has 0 aromatic carbocycles. The van der Waals surface area contributed by atoms with Gasteiger partial charge in [0.25, 0.3) is 5.22 Å². The molecule has 1 saturated carbocycles. The van der Waals surface area contributed by atoms with Crippen LogP contribution in [0, 0.1) is 0 Å². The van der Waals surface area contributed by atoms with Gasteiger partial charge < -0.3 is 15.3 Å². The number of carboxylic acid groups (broad SMARTS) is 1. The van der Waals surface area contributed by atoms with E-state index in [9.17, 15) is 4.79 Å². The van der Waals surface area contributed by atoms with E-state index in [1.165, 1.54) is 18.0 Å². The molecule has 1 aromatic heterocycles. The van der Waals surface area contributed by atoms with Crippen LogP contribution in [0.25, 0.3) is 0 Å². The fourth-order valence-electron chi connectivity index (χ4n) is 1.96. The Morgan fingerprint density at radius 1 is 1.75 bits per heavy atom. The van der Waals surface area contributed by atoms with Gasteiger partial charge in [0.15, 0.2) is 0 Å². The second-order valence-electron chi connectivity index (χ2n) is 4.10. The highest BCUT2D eigenvalue weighted by Crippen LogP contribution is 2.36. The third-order valence-electron chi connectivity index (χ3n) is 2.84. The molecular weight excluding hydrogens is 228 g/mol. The lowest BCUT2D eigenvalue weighted by Gasteiger charge is -2.33. The van der Waals surface area contributed by atoms with Crippen molar-refractivity contribution in [2.24, 2.45) is 5.73 Å². The van der Waals surface area contributed by atoms with Crippen molar-refractivity contribution in [1.82, 2.24) is 4.98 Å². The highest BCUT2D eigenvalue weighted by molar-refractivity contribution is 7.99. The van der Waals surface area contributed by atoms with Gasteiger partial charge in [0.1, 0.15) is 11.8 Å². The number of carboxylic acids is 1. The van der Waals surface area contributed by atoms with Crippen LogP contribution in [-0.2, 0) is 4.79 Å². The van der Waals surface area contributed by atoms with Crippen molar-refractivity contribution in [1.29, 1.82) is 0 Å². The SMILES string of the molecule is NC1(C(=O)O)CCCC(Sc2ncco2)C1. The first kappa shape index (κ1) is 11.5. The van der Waals surface area contributed by atoms with Crippen molar-refractivity contribution in [2.45, 2.75) is 41.7 Å². The average Bonchev–Trinajstić information content (AvgIpc) is 2.70. The van der Waals surface area contributed by atoms with Gasteiger partial charge in [-0.25, -0.2) is 4.98 Å². The number of nitrogens with zero attached hydrogens (tertiary/aromatic N) is 1. The zero-order valence-electron chi connectivity index (χ0n) is 8.76. The molecule has 1 aliphatic rings. The van der Waals surface area contributed by atoms with E-state index >= 15 is 0 Å². The minimum absolute atomic E-state index is 0.175. The Bertz CT molecular complexity index is 368. The fraction of sp³-hybridized carbons (Fsp3) is 0.600. The Kier molecular flexibility index (Phi) is 3.20. The van der Waals surface area contributed by atoms with Crippen LogP contribution in [0.3, 0.4) is 0 Å². The van der Waals surface area contributed by atoms with Crippen LogP contribution in [0.4, 0.5) is 0 Å². The van der Waals surface area contributed by atoms with E-state index in [1.807, 2.05) is 0 Å². The van der Waals surface area contributed by atoms with Crippen LogP contribution in [-0.4, -0.2) is 26.8 Å². The molecule has 2 unspecified atom stereocenters. The summed E-state index contributed by atoms with van der Waals surface area (Å²) in [5.74, 6) is -0.912. The highest BCUT2D eigenvalue weighted by Gasteiger charge is 2.39. The maximum Gasteiger partial charge on any atom is 0.323 e. The van der Waals surface area contributed by atoms with Gasteiger partial charge >= 0.3 is 5.97 Å². The Morgan fingerprint density at radius 2 is 2.56 bits per heavy atom. The molecule has 0 aliphatic heterocycles. The number of rotatable bonds is 3. The molecular formula is C10H14N2O3S. The molecule has 6 heteroatoms. The van der Waals surface area contributed by atoms with Crippen LogP contribution < -0.4 is 5.73 Å². The third kappa shape index (κ3) is 2.38. The summed E-state index contributed by atoms with van der Waals surface area (Å²) in [6.45, 7) is 0. The molecule has 0 radical (unpaired) electrons. The normalized spacial score (nSPS) is 30.2. The standard InChI is InChI=1S/C10H14N2O3S/c11-10(8(13)14)3-1-2-7(6-10)16-9-12-4-5-15-9/h4-5,7H,1-3,6,11H2,(H,13,14). The van der Waals surface area contributed by atoms with Crippen molar-refractivity contribution in [3.63, 3.8) is 0 Å². The van der Waals surface area contributed by atoms with Gasteiger partial charge in [0.05, 0.1) is 6.20 Å². The average molecular weight is 242 g/mol. The third-order valence-corrected chi connectivity index (χ3v) is 3.98. The predicted octanol–water partition coefficient (Wildman–Crippen LogP) is 1.49. The fourth-order valence-corrected chi connectivity index (χ4v) is 3.14. The van der Waals surface area contributed by atoms with Crippen LogP contribution in [0.15, 0.2) is 22.1 Å². The molecule has 0 spiro atoms. The number of hydrogen-bond acceptors (Lipinski definition) is 5. The molecule has 16 heavy (non-hydrogen) atoms. The van der Waals surface area contributed by atoms with Crippen molar-refractivity contribution < 1.29 is 14.3 Å². The van der Waals surface area contributed by atoms with E-state index in [2.05, 4.69) is 4.98 Å². The number of carbonyl (C=O) groups is 1. The quantitative estimate of drug-likeness (QED) is 0.834. The summed E-state index contributed by atoms with van der Waals surface area (Å²) < 4.78 is 5.13. The molecule has 1 aromatic rings. The van der Waals surface area contributed by atoms with E-state index in [1.54, 1.807) is 6.20 Å². The molecule has 0 bridgehead atoms. The number of hydrogen-bond donors (Lipinski definition) is 2. The number of oxazole rings is 1.